The molecule has 0 radical (unpaired) electrons. The van der Waals surface area contributed by atoms with Crippen molar-refractivity contribution >= 4 is 22.9 Å². The summed E-state index contributed by atoms with van der Waals surface area (Å²) in [4.78, 5) is 1.43. The van der Waals surface area contributed by atoms with E-state index in [4.69, 9.17) is 11.6 Å². The summed E-state index contributed by atoms with van der Waals surface area (Å²) in [5, 5.41) is 2.13. The zero-order valence-corrected chi connectivity index (χ0v) is 11.6. The van der Waals surface area contributed by atoms with Crippen LogP contribution in [0.5, 0.6) is 0 Å². The first kappa shape index (κ1) is 12.7. The molecule has 2 heteroatoms. The molecule has 1 atom stereocenters. The van der Waals surface area contributed by atoms with Gasteiger partial charge in [-0.3, -0.25) is 0 Å². The van der Waals surface area contributed by atoms with Crippen LogP contribution in [0.25, 0.3) is 0 Å². The van der Waals surface area contributed by atoms with Crippen molar-refractivity contribution in [3.63, 3.8) is 0 Å². The molecule has 1 aromatic carbocycles. The number of rotatable bonds is 5. The number of hydrogen-bond donors (Lipinski definition) is 0. The molecule has 0 saturated carbocycles. The van der Waals surface area contributed by atoms with Crippen molar-refractivity contribution < 1.29 is 0 Å². The highest BCUT2D eigenvalue weighted by atomic mass is 35.5. The van der Waals surface area contributed by atoms with Crippen LogP contribution in [0.15, 0.2) is 41.8 Å². The van der Waals surface area contributed by atoms with Gasteiger partial charge in [0.05, 0.1) is 0 Å². The van der Waals surface area contributed by atoms with E-state index in [2.05, 4.69) is 48.7 Å². The lowest BCUT2D eigenvalue weighted by Crippen LogP contribution is -2.09. The third kappa shape index (κ3) is 3.86. The van der Waals surface area contributed by atoms with Crippen molar-refractivity contribution in [2.45, 2.75) is 19.8 Å². The highest BCUT2D eigenvalue weighted by Crippen LogP contribution is 2.19. The lowest BCUT2D eigenvalue weighted by Gasteiger charge is -2.13. The molecule has 1 aromatic heterocycles. The van der Waals surface area contributed by atoms with Gasteiger partial charge in [-0.25, -0.2) is 0 Å². The predicted molar refractivity (Wildman–Crippen MR) is 77.1 cm³/mol. The van der Waals surface area contributed by atoms with Crippen LogP contribution in [-0.4, -0.2) is 5.88 Å². The molecule has 1 unspecified atom stereocenters. The number of alkyl halides is 1. The quantitative estimate of drug-likeness (QED) is 0.687. The van der Waals surface area contributed by atoms with Crippen LogP contribution in [0.4, 0.5) is 0 Å². The Bertz CT molecular complexity index is 430. The van der Waals surface area contributed by atoms with Gasteiger partial charge < -0.3 is 0 Å². The van der Waals surface area contributed by atoms with Gasteiger partial charge in [0.2, 0.25) is 0 Å². The van der Waals surface area contributed by atoms with Crippen LogP contribution in [0, 0.1) is 12.8 Å². The Balaban J connectivity index is 1.97. The van der Waals surface area contributed by atoms with E-state index in [0.29, 0.717) is 5.92 Å². The molecule has 0 bridgehead atoms. The maximum atomic E-state index is 6.07. The van der Waals surface area contributed by atoms with E-state index in [1.165, 1.54) is 16.0 Å². The van der Waals surface area contributed by atoms with E-state index in [-0.39, 0.29) is 0 Å². The second kappa shape index (κ2) is 6.23. The fraction of sp³-hybridized carbons (Fsp3) is 0.333. The van der Waals surface area contributed by atoms with Gasteiger partial charge in [-0.1, -0.05) is 35.9 Å². The Morgan fingerprint density at radius 1 is 1.12 bits per heavy atom. The van der Waals surface area contributed by atoms with Crippen LogP contribution in [-0.2, 0) is 12.8 Å². The Morgan fingerprint density at radius 2 is 1.88 bits per heavy atom. The van der Waals surface area contributed by atoms with Gasteiger partial charge in [0.1, 0.15) is 0 Å². The standard InChI is InChI=1S/C15H17ClS/c1-12-4-6-13(7-5-12)9-14(11-16)10-15-3-2-8-17-15/h2-8,14H,9-11H2,1H3. The molecule has 1 heterocycles. The van der Waals surface area contributed by atoms with E-state index >= 15 is 0 Å². The minimum Gasteiger partial charge on any atom is -0.149 e. The summed E-state index contributed by atoms with van der Waals surface area (Å²) >= 11 is 7.89. The molecular formula is C15H17ClS. The minimum atomic E-state index is 0.540. The first-order valence-electron chi connectivity index (χ1n) is 5.92. The van der Waals surface area contributed by atoms with Gasteiger partial charge in [0, 0.05) is 10.8 Å². The molecule has 0 aliphatic rings. The highest BCUT2D eigenvalue weighted by Gasteiger charge is 2.10. The monoisotopic (exact) mass is 264 g/mol. The van der Waals surface area contributed by atoms with Crippen LogP contribution in [0.3, 0.4) is 0 Å². The number of halogens is 1. The van der Waals surface area contributed by atoms with E-state index in [1.807, 2.05) is 11.3 Å². The van der Waals surface area contributed by atoms with Crippen molar-refractivity contribution in [2.24, 2.45) is 5.92 Å². The zero-order valence-electron chi connectivity index (χ0n) is 10.0. The number of aryl methyl sites for hydroxylation is 1. The average molecular weight is 265 g/mol. The molecule has 2 rings (SSSR count). The van der Waals surface area contributed by atoms with E-state index in [9.17, 15) is 0 Å². The summed E-state index contributed by atoms with van der Waals surface area (Å²) in [6.07, 6.45) is 2.16. The fourth-order valence-electron chi connectivity index (χ4n) is 1.95. The van der Waals surface area contributed by atoms with Gasteiger partial charge in [0.15, 0.2) is 0 Å². The molecule has 0 spiro atoms. The molecular weight excluding hydrogens is 248 g/mol. The normalized spacial score (nSPS) is 12.6. The molecule has 0 N–H and O–H groups in total. The third-order valence-corrected chi connectivity index (χ3v) is 4.27. The largest absolute Gasteiger partial charge is 0.149 e. The molecule has 0 nitrogen and oxygen atoms in total. The van der Waals surface area contributed by atoms with E-state index in [1.54, 1.807) is 0 Å². The third-order valence-electron chi connectivity index (χ3n) is 2.93. The lowest BCUT2D eigenvalue weighted by atomic mass is 9.97. The predicted octanol–water partition coefficient (Wildman–Crippen LogP) is 4.70. The van der Waals surface area contributed by atoms with E-state index in [0.717, 1.165) is 18.7 Å². The van der Waals surface area contributed by atoms with Crippen LogP contribution < -0.4 is 0 Å². The van der Waals surface area contributed by atoms with Gasteiger partial charge in [-0.05, 0) is 42.7 Å². The molecule has 0 aliphatic carbocycles. The van der Waals surface area contributed by atoms with Gasteiger partial charge >= 0.3 is 0 Å². The molecule has 2 aromatic rings. The van der Waals surface area contributed by atoms with Gasteiger partial charge in [-0.15, -0.1) is 22.9 Å². The van der Waals surface area contributed by atoms with Crippen molar-refractivity contribution in [1.82, 2.24) is 0 Å². The second-order valence-electron chi connectivity index (χ2n) is 4.49. The van der Waals surface area contributed by atoms with Crippen LogP contribution in [0.1, 0.15) is 16.0 Å². The Kier molecular flexibility index (Phi) is 4.64. The summed E-state index contributed by atoms with van der Waals surface area (Å²) in [6.45, 7) is 2.12. The average Bonchev–Trinajstić information content (AvgIpc) is 2.84. The van der Waals surface area contributed by atoms with E-state index < -0.39 is 0 Å². The highest BCUT2D eigenvalue weighted by molar-refractivity contribution is 7.09. The summed E-state index contributed by atoms with van der Waals surface area (Å²) < 4.78 is 0. The summed E-state index contributed by atoms with van der Waals surface area (Å²) in [6, 6.07) is 13.1. The first-order valence-corrected chi connectivity index (χ1v) is 7.33. The summed E-state index contributed by atoms with van der Waals surface area (Å²) in [5.41, 5.74) is 2.70. The zero-order chi connectivity index (χ0) is 12.1. The topological polar surface area (TPSA) is 0 Å². The van der Waals surface area contributed by atoms with Gasteiger partial charge in [0.25, 0.3) is 0 Å². The molecule has 0 fully saturated rings. The number of benzene rings is 1. The van der Waals surface area contributed by atoms with Crippen LogP contribution in [0.2, 0.25) is 0 Å². The molecule has 0 saturated heterocycles. The Morgan fingerprint density at radius 3 is 2.47 bits per heavy atom. The fourth-order valence-corrected chi connectivity index (χ4v) is 2.99. The number of thiophene rings is 1. The minimum absolute atomic E-state index is 0.540. The van der Waals surface area contributed by atoms with Crippen molar-refractivity contribution in [2.75, 3.05) is 5.88 Å². The van der Waals surface area contributed by atoms with Gasteiger partial charge in [-0.2, -0.15) is 0 Å². The molecule has 0 amide bonds. The molecule has 0 aliphatic heterocycles. The SMILES string of the molecule is Cc1ccc(CC(CCl)Cc2cccs2)cc1. The second-order valence-corrected chi connectivity index (χ2v) is 5.83. The van der Waals surface area contributed by atoms with Crippen LogP contribution >= 0.6 is 22.9 Å². The number of hydrogen-bond acceptors (Lipinski definition) is 1. The summed E-state index contributed by atoms with van der Waals surface area (Å²) in [7, 11) is 0. The Labute approximate surface area is 112 Å². The lowest BCUT2D eigenvalue weighted by molar-refractivity contribution is 0.589. The summed E-state index contributed by atoms with van der Waals surface area (Å²) in [5.74, 6) is 1.27. The van der Waals surface area contributed by atoms with Crippen molar-refractivity contribution in [3.05, 3.63) is 57.8 Å². The smallest absolute Gasteiger partial charge is 0.0258 e. The maximum absolute atomic E-state index is 6.07. The maximum Gasteiger partial charge on any atom is 0.0258 e. The Hall–Kier alpha value is -0.790. The van der Waals surface area contributed by atoms with Crippen molar-refractivity contribution in [3.8, 4) is 0 Å². The molecule has 17 heavy (non-hydrogen) atoms. The van der Waals surface area contributed by atoms with Crippen molar-refractivity contribution in [1.29, 1.82) is 0 Å². The first-order chi connectivity index (χ1) is 8.28. The molecule has 90 valence electrons.